The van der Waals surface area contributed by atoms with E-state index in [2.05, 4.69) is 40.0 Å². The second kappa shape index (κ2) is 6.05. The van der Waals surface area contributed by atoms with Crippen molar-refractivity contribution in [3.8, 4) is 11.3 Å². The molecule has 1 aliphatic rings. The summed E-state index contributed by atoms with van der Waals surface area (Å²) in [6.07, 6.45) is 0.807. The molecule has 2 aromatic rings. The molecule has 1 atom stereocenters. The van der Waals surface area contributed by atoms with Gasteiger partial charge in [-0.25, -0.2) is 0 Å². The maximum Gasteiger partial charge on any atom is 0.240 e. The van der Waals surface area contributed by atoms with Crippen molar-refractivity contribution < 1.29 is 4.79 Å². The first-order valence-electron chi connectivity index (χ1n) is 7.28. The van der Waals surface area contributed by atoms with Gasteiger partial charge in [0.2, 0.25) is 5.91 Å². The number of anilines is 1. The lowest BCUT2D eigenvalue weighted by atomic mass is 10.0. The lowest BCUT2D eigenvalue weighted by Crippen LogP contribution is -2.28. The Morgan fingerprint density at radius 2 is 2.05 bits per heavy atom. The van der Waals surface area contributed by atoms with Crippen LogP contribution in [0.4, 0.5) is 5.69 Å². The van der Waals surface area contributed by atoms with Gasteiger partial charge in [-0.2, -0.15) is 5.10 Å². The van der Waals surface area contributed by atoms with Crippen LogP contribution >= 0.6 is 27.5 Å². The minimum absolute atomic E-state index is 0.0958. The van der Waals surface area contributed by atoms with Crippen LogP contribution in [0.25, 0.3) is 11.3 Å². The average Bonchev–Trinajstić information content (AvgIpc) is 3.05. The third kappa shape index (κ3) is 2.68. The van der Waals surface area contributed by atoms with Crippen LogP contribution in [0.15, 0.2) is 24.3 Å². The molecule has 1 saturated heterocycles. The molecule has 1 fully saturated rings. The zero-order valence-electron chi connectivity index (χ0n) is 12.4. The highest BCUT2D eigenvalue weighted by Gasteiger charge is 2.35. The fourth-order valence-electron chi connectivity index (χ4n) is 2.70. The van der Waals surface area contributed by atoms with Crippen molar-refractivity contribution in [2.24, 2.45) is 0 Å². The smallest absolute Gasteiger partial charge is 0.240 e. The second-order valence-corrected chi connectivity index (χ2v) is 7.28. The lowest BCUT2D eigenvalue weighted by Gasteiger charge is -2.19. The predicted molar refractivity (Wildman–Crippen MR) is 92.8 cm³/mol. The molecule has 0 spiro atoms. The van der Waals surface area contributed by atoms with Gasteiger partial charge < -0.3 is 4.90 Å². The molecule has 4 nitrogen and oxygen atoms in total. The van der Waals surface area contributed by atoms with E-state index in [1.165, 1.54) is 0 Å². The highest BCUT2D eigenvalue weighted by Crippen LogP contribution is 2.38. The topological polar surface area (TPSA) is 49.0 Å². The SMILES string of the molecule is CC(C)c1[nH]nc(-c2ccc(Cl)cc2)c1N1CCC(Br)C1=O. The molecule has 1 aromatic heterocycles. The summed E-state index contributed by atoms with van der Waals surface area (Å²) in [5.41, 5.74) is 3.63. The highest BCUT2D eigenvalue weighted by molar-refractivity contribution is 9.10. The monoisotopic (exact) mass is 381 g/mol. The summed E-state index contributed by atoms with van der Waals surface area (Å²) < 4.78 is 0. The van der Waals surface area contributed by atoms with Crippen LogP contribution in [0.1, 0.15) is 31.9 Å². The number of hydrogen-bond donors (Lipinski definition) is 1. The molecule has 1 aromatic carbocycles. The van der Waals surface area contributed by atoms with E-state index in [-0.39, 0.29) is 16.7 Å². The minimum atomic E-state index is -0.111. The third-order valence-electron chi connectivity index (χ3n) is 3.87. The molecule has 1 amide bonds. The first kappa shape index (κ1) is 15.6. The number of H-pyrrole nitrogens is 1. The van der Waals surface area contributed by atoms with E-state index in [1.807, 2.05) is 29.2 Å². The van der Waals surface area contributed by atoms with Crippen LogP contribution in [0.2, 0.25) is 5.02 Å². The van der Waals surface area contributed by atoms with Crippen molar-refractivity contribution in [1.82, 2.24) is 10.2 Å². The minimum Gasteiger partial charge on any atom is -0.308 e. The lowest BCUT2D eigenvalue weighted by molar-refractivity contribution is -0.116. The van der Waals surface area contributed by atoms with Crippen molar-refractivity contribution in [1.29, 1.82) is 0 Å². The predicted octanol–water partition coefficient (Wildman–Crippen LogP) is 4.35. The highest BCUT2D eigenvalue weighted by atomic mass is 79.9. The van der Waals surface area contributed by atoms with Crippen molar-refractivity contribution in [3.63, 3.8) is 0 Å². The van der Waals surface area contributed by atoms with E-state index < -0.39 is 0 Å². The summed E-state index contributed by atoms with van der Waals surface area (Å²) in [5.74, 6) is 0.351. The summed E-state index contributed by atoms with van der Waals surface area (Å²) in [6.45, 7) is 4.89. The summed E-state index contributed by atoms with van der Waals surface area (Å²) >= 11 is 9.41. The van der Waals surface area contributed by atoms with Crippen molar-refractivity contribution in [2.75, 3.05) is 11.4 Å². The number of carbonyl (C=O) groups is 1. The quantitative estimate of drug-likeness (QED) is 0.802. The number of amides is 1. The molecule has 2 heterocycles. The maximum absolute atomic E-state index is 12.4. The first-order chi connectivity index (χ1) is 10.5. The summed E-state index contributed by atoms with van der Waals surface area (Å²) in [4.78, 5) is 14.2. The van der Waals surface area contributed by atoms with Gasteiger partial charge in [-0.05, 0) is 24.5 Å². The van der Waals surface area contributed by atoms with Gasteiger partial charge >= 0.3 is 0 Å². The number of aromatic amines is 1. The molecular weight excluding hydrogens is 366 g/mol. The van der Waals surface area contributed by atoms with E-state index in [9.17, 15) is 4.79 Å². The van der Waals surface area contributed by atoms with Gasteiger partial charge in [-0.1, -0.05) is 53.5 Å². The van der Waals surface area contributed by atoms with Gasteiger partial charge in [0.15, 0.2) is 0 Å². The summed E-state index contributed by atoms with van der Waals surface area (Å²) in [5, 5.41) is 8.25. The van der Waals surface area contributed by atoms with E-state index in [1.54, 1.807) is 0 Å². The fourth-order valence-corrected chi connectivity index (χ4v) is 3.28. The number of nitrogens with zero attached hydrogens (tertiary/aromatic N) is 2. The molecule has 0 saturated carbocycles. The number of nitrogens with one attached hydrogen (secondary N) is 1. The Hall–Kier alpha value is -1.33. The van der Waals surface area contributed by atoms with Crippen LogP contribution in [-0.4, -0.2) is 27.5 Å². The van der Waals surface area contributed by atoms with E-state index in [4.69, 9.17) is 11.6 Å². The Labute approximate surface area is 143 Å². The van der Waals surface area contributed by atoms with Gasteiger partial charge in [0, 0.05) is 17.1 Å². The Balaban J connectivity index is 2.12. The van der Waals surface area contributed by atoms with Crippen LogP contribution in [0.3, 0.4) is 0 Å². The van der Waals surface area contributed by atoms with Crippen molar-refractivity contribution in [3.05, 3.63) is 35.0 Å². The number of aromatic nitrogens is 2. The average molecular weight is 383 g/mol. The largest absolute Gasteiger partial charge is 0.308 e. The van der Waals surface area contributed by atoms with Crippen LogP contribution < -0.4 is 4.90 Å². The van der Waals surface area contributed by atoms with Gasteiger partial charge in [-0.15, -0.1) is 0 Å². The van der Waals surface area contributed by atoms with Crippen LogP contribution in [-0.2, 0) is 4.79 Å². The number of halogens is 2. The van der Waals surface area contributed by atoms with Crippen molar-refractivity contribution in [2.45, 2.75) is 31.0 Å². The number of hydrogen-bond acceptors (Lipinski definition) is 2. The number of rotatable bonds is 3. The van der Waals surface area contributed by atoms with Crippen LogP contribution in [0.5, 0.6) is 0 Å². The van der Waals surface area contributed by atoms with E-state index in [0.717, 1.165) is 29.1 Å². The molecule has 1 unspecified atom stereocenters. The standard InChI is InChI=1S/C16H17BrClN3O/c1-9(2)13-15(21-8-7-12(17)16(21)22)14(20-19-13)10-3-5-11(18)6-4-10/h3-6,9,12H,7-8H2,1-2H3,(H,19,20). The second-order valence-electron chi connectivity index (χ2n) is 5.74. The molecule has 22 heavy (non-hydrogen) atoms. The molecule has 0 radical (unpaired) electrons. The molecule has 3 rings (SSSR count). The van der Waals surface area contributed by atoms with Gasteiger partial charge in [0.05, 0.1) is 16.2 Å². The van der Waals surface area contributed by atoms with E-state index in [0.29, 0.717) is 11.6 Å². The van der Waals surface area contributed by atoms with Crippen LogP contribution in [0, 0.1) is 0 Å². The van der Waals surface area contributed by atoms with Crippen molar-refractivity contribution >= 4 is 39.1 Å². The van der Waals surface area contributed by atoms with Gasteiger partial charge in [-0.3, -0.25) is 9.89 Å². The number of carbonyl (C=O) groups excluding carboxylic acids is 1. The van der Waals surface area contributed by atoms with Gasteiger partial charge in [0.1, 0.15) is 5.69 Å². The Morgan fingerprint density at radius 1 is 1.36 bits per heavy atom. The molecule has 1 aliphatic heterocycles. The fraction of sp³-hybridized carbons (Fsp3) is 0.375. The number of benzene rings is 1. The van der Waals surface area contributed by atoms with E-state index >= 15 is 0 Å². The Bertz CT molecular complexity index is 696. The molecule has 1 N–H and O–H groups in total. The molecule has 116 valence electrons. The first-order valence-corrected chi connectivity index (χ1v) is 8.58. The third-order valence-corrected chi connectivity index (χ3v) is 4.97. The Morgan fingerprint density at radius 3 is 2.59 bits per heavy atom. The molecule has 0 aliphatic carbocycles. The molecule has 6 heteroatoms. The zero-order valence-corrected chi connectivity index (χ0v) is 14.8. The number of alkyl halides is 1. The maximum atomic E-state index is 12.4. The van der Waals surface area contributed by atoms with Gasteiger partial charge in [0.25, 0.3) is 0 Å². The zero-order chi connectivity index (χ0) is 15.9. The Kier molecular flexibility index (Phi) is 4.28. The molecular formula is C16H17BrClN3O. The molecule has 0 bridgehead atoms. The summed E-state index contributed by atoms with van der Waals surface area (Å²) in [6, 6.07) is 7.53. The normalized spacial score (nSPS) is 18.5. The summed E-state index contributed by atoms with van der Waals surface area (Å²) in [7, 11) is 0.